The molecular weight excluding hydrogens is 469 g/mol. The van der Waals surface area contributed by atoms with Crippen molar-refractivity contribution in [3.8, 4) is 0 Å². The quantitative estimate of drug-likeness (QED) is 0.321. The molecule has 2 aromatic rings. The summed E-state index contributed by atoms with van der Waals surface area (Å²) in [7, 11) is 0. The van der Waals surface area contributed by atoms with Crippen molar-refractivity contribution in [3.63, 3.8) is 0 Å². The van der Waals surface area contributed by atoms with Crippen molar-refractivity contribution >= 4 is 5.97 Å². The summed E-state index contributed by atoms with van der Waals surface area (Å²) in [4.78, 5) is 14.3. The van der Waals surface area contributed by atoms with E-state index in [0.29, 0.717) is 37.6 Å². The molecule has 0 aromatic heterocycles. The molecule has 0 amide bonds. The number of aryl methyl sites for hydroxylation is 3. The van der Waals surface area contributed by atoms with E-state index in [0.717, 1.165) is 60.9 Å². The van der Waals surface area contributed by atoms with Crippen LogP contribution in [0.2, 0.25) is 0 Å². The van der Waals surface area contributed by atoms with Gasteiger partial charge in [0, 0.05) is 19.0 Å². The molecule has 1 aliphatic heterocycles. The molecule has 0 unspecified atom stereocenters. The van der Waals surface area contributed by atoms with Crippen LogP contribution in [-0.2, 0) is 27.1 Å². The molecule has 0 saturated carbocycles. The first-order valence-corrected chi connectivity index (χ1v) is 13.8. The average molecular weight is 514 g/mol. The molecule has 1 heterocycles. The molecule has 3 atom stereocenters. The van der Waals surface area contributed by atoms with Crippen molar-refractivity contribution < 1.29 is 23.8 Å². The Morgan fingerprint density at radius 3 is 2.73 bits per heavy atom. The van der Waals surface area contributed by atoms with Crippen molar-refractivity contribution in [1.29, 1.82) is 0 Å². The second-order valence-electron chi connectivity index (χ2n) is 10.4. The van der Waals surface area contributed by atoms with Crippen LogP contribution in [0, 0.1) is 19.7 Å². The summed E-state index contributed by atoms with van der Waals surface area (Å²) in [6, 6.07) is 12.1. The summed E-state index contributed by atoms with van der Waals surface area (Å²) in [5.41, 5.74) is 5.00. The summed E-state index contributed by atoms with van der Waals surface area (Å²) in [6.45, 7) is 9.89. The van der Waals surface area contributed by atoms with Crippen LogP contribution in [0.5, 0.6) is 0 Å². The Labute approximate surface area is 222 Å². The van der Waals surface area contributed by atoms with Crippen LogP contribution in [0.1, 0.15) is 79.9 Å². The van der Waals surface area contributed by atoms with E-state index in [1.165, 1.54) is 0 Å². The molecule has 5 nitrogen and oxygen atoms in total. The number of carbonyl (C=O) groups excluding carboxylic acids is 1. The summed E-state index contributed by atoms with van der Waals surface area (Å²) >= 11 is 0. The topological polar surface area (TPSA) is 59.0 Å². The molecule has 1 aliphatic rings. The minimum absolute atomic E-state index is 0.137. The molecular formula is C31H44FNO4. The third-order valence-electron chi connectivity index (χ3n) is 7.24. The summed E-state index contributed by atoms with van der Waals surface area (Å²) < 4.78 is 25.4. The number of aliphatic hydroxyl groups is 1. The minimum Gasteiger partial charge on any atom is -0.466 e. The summed E-state index contributed by atoms with van der Waals surface area (Å²) in [6.07, 6.45) is 4.92. The number of esters is 1. The van der Waals surface area contributed by atoms with Gasteiger partial charge in [0.1, 0.15) is 5.82 Å². The fourth-order valence-corrected chi connectivity index (χ4v) is 5.28. The Morgan fingerprint density at radius 2 is 2.00 bits per heavy atom. The van der Waals surface area contributed by atoms with Gasteiger partial charge < -0.3 is 14.6 Å². The molecule has 0 aliphatic carbocycles. The lowest BCUT2D eigenvalue weighted by atomic mass is 9.94. The van der Waals surface area contributed by atoms with E-state index in [-0.39, 0.29) is 24.5 Å². The Kier molecular flexibility index (Phi) is 11.6. The predicted molar refractivity (Wildman–Crippen MR) is 145 cm³/mol. The molecule has 1 N–H and O–H groups in total. The fourth-order valence-electron chi connectivity index (χ4n) is 5.28. The van der Waals surface area contributed by atoms with Gasteiger partial charge in [-0.25, -0.2) is 4.39 Å². The Hall–Kier alpha value is -2.28. The largest absolute Gasteiger partial charge is 0.466 e. The van der Waals surface area contributed by atoms with E-state index < -0.39 is 6.10 Å². The van der Waals surface area contributed by atoms with Crippen molar-refractivity contribution in [2.75, 3.05) is 26.3 Å². The van der Waals surface area contributed by atoms with Crippen molar-refractivity contribution in [1.82, 2.24) is 4.90 Å². The number of hydrogen-bond donors (Lipinski definition) is 1. The summed E-state index contributed by atoms with van der Waals surface area (Å²) in [5.74, 6) is -0.345. The smallest absolute Gasteiger partial charge is 0.306 e. The van der Waals surface area contributed by atoms with E-state index in [4.69, 9.17) is 9.47 Å². The van der Waals surface area contributed by atoms with Gasteiger partial charge >= 0.3 is 5.97 Å². The molecule has 1 saturated heterocycles. The Bertz CT molecular complexity index is 1010. The van der Waals surface area contributed by atoms with E-state index >= 15 is 0 Å². The standard InChI is InChI=1S/C31H44FNO4/c1-5-8-30(28-14-10-22(3)17-25(28)13-15-31(35)36-6-2)37-21-27(34)20-33-16-7-9-26(33)18-24-12-11-23(4)29(32)19-24/h10-12,14,17,19,26-27,30,34H,5-9,13,15-16,18,20-21H2,1-4H3/t26-,27+,30+/m0/s1. The molecule has 1 fully saturated rings. The lowest BCUT2D eigenvalue weighted by Crippen LogP contribution is -2.39. The van der Waals surface area contributed by atoms with E-state index in [1.54, 1.807) is 13.0 Å². The molecule has 0 bridgehead atoms. The lowest BCUT2D eigenvalue weighted by molar-refractivity contribution is -0.143. The zero-order valence-electron chi connectivity index (χ0n) is 23.0. The number of β-amino-alcohol motifs (C(OH)–C–C–N with tert-alkyl or cyclic N) is 1. The number of ether oxygens (including phenoxy) is 2. The molecule has 3 rings (SSSR count). The van der Waals surface area contributed by atoms with Gasteiger partial charge in [0.2, 0.25) is 0 Å². The van der Waals surface area contributed by atoms with Gasteiger partial charge in [0.05, 0.1) is 25.4 Å². The van der Waals surface area contributed by atoms with Crippen LogP contribution < -0.4 is 0 Å². The first-order valence-electron chi connectivity index (χ1n) is 13.8. The van der Waals surface area contributed by atoms with E-state index in [9.17, 15) is 14.3 Å². The SMILES string of the molecule is CCC[C@@H](OC[C@H](O)CN1CCC[C@H]1Cc1ccc(C)c(F)c1)c1ccc(C)cc1CCC(=O)OCC. The second kappa shape index (κ2) is 14.6. The lowest BCUT2D eigenvalue weighted by Gasteiger charge is -2.28. The number of rotatable bonds is 14. The second-order valence-corrected chi connectivity index (χ2v) is 10.4. The van der Waals surface area contributed by atoms with Gasteiger partial charge in [0.15, 0.2) is 0 Å². The zero-order valence-corrected chi connectivity index (χ0v) is 23.0. The summed E-state index contributed by atoms with van der Waals surface area (Å²) in [5, 5.41) is 10.9. The van der Waals surface area contributed by atoms with Crippen molar-refractivity contribution in [2.24, 2.45) is 0 Å². The number of halogens is 1. The van der Waals surface area contributed by atoms with Crippen LogP contribution >= 0.6 is 0 Å². The van der Waals surface area contributed by atoms with Crippen molar-refractivity contribution in [3.05, 3.63) is 70.0 Å². The van der Waals surface area contributed by atoms with E-state index in [1.807, 2.05) is 19.1 Å². The number of benzene rings is 2. The third-order valence-corrected chi connectivity index (χ3v) is 7.24. The van der Waals surface area contributed by atoms with Crippen molar-refractivity contribution in [2.45, 2.75) is 90.9 Å². The number of aliphatic hydroxyl groups excluding tert-OH is 1. The minimum atomic E-state index is -0.608. The molecule has 6 heteroatoms. The maximum absolute atomic E-state index is 14.0. The maximum Gasteiger partial charge on any atom is 0.306 e. The van der Waals surface area contributed by atoms with Gasteiger partial charge in [-0.05, 0) is 87.7 Å². The zero-order chi connectivity index (χ0) is 26.8. The molecule has 204 valence electrons. The van der Waals surface area contributed by atoms with E-state index in [2.05, 4.69) is 36.9 Å². The highest BCUT2D eigenvalue weighted by atomic mass is 19.1. The monoisotopic (exact) mass is 513 g/mol. The number of hydrogen-bond acceptors (Lipinski definition) is 5. The van der Waals surface area contributed by atoms with Gasteiger partial charge in [-0.1, -0.05) is 49.2 Å². The van der Waals surface area contributed by atoms with Crippen LogP contribution in [0.3, 0.4) is 0 Å². The van der Waals surface area contributed by atoms with Gasteiger partial charge in [-0.2, -0.15) is 0 Å². The van der Waals surface area contributed by atoms with Crippen LogP contribution in [0.4, 0.5) is 4.39 Å². The molecule has 2 aromatic carbocycles. The highest BCUT2D eigenvalue weighted by molar-refractivity contribution is 5.69. The number of nitrogens with zero attached hydrogens (tertiary/aromatic N) is 1. The first-order chi connectivity index (χ1) is 17.8. The van der Waals surface area contributed by atoms with Gasteiger partial charge in [0.25, 0.3) is 0 Å². The van der Waals surface area contributed by atoms with Crippen LogP contribution in [0.15, 0.2) is 36.4 Å². The molecule has 37 heavy (non-hydrogen) atoms. The maximum atomic E-state index is 14.0. The van der Waals surface area contributed by atoms with Gasteiger partial charge in [-0.3, -0.25) is 9.69 Å². The normalized spacial score (nSPS) is 17.6. The first kappa shape index (κ1) is 29.3. The van der Waals surface area contributed by atoms with Gasteiger partial charge in [-0.15, -0.1) is 0 Å². The Morgan fingerprint density at radius 1 is 1.19 bits per heavy atom. The third kappa shape index (κ3) is 8.91. The highest BCUT2D eigenvalue weighted by Gasteiger charge is 2.27. The number of likely N-dealkylation sites (tertiary alicyclic amines) is 1. The predicted octanol–water partition coefficient (Wildman–Crippen LogP) is 5.86. The van der Waals surface area contributed by atoms with Crippen LogP contribution in [-0.4, -0.2) is 54.4 Å². The number of carbonyl (C=O) groups is 1. The highest BCUT2D eigenvalue weighted by Crippen LogP contribution is 2.29. The van der Waals surface area contributed by atoms with Crippen LogP contribution in [0.25, 0.3) is 0 Å². The average Bonchev–Trinajstić information content (AvgIpc) is 3.29. The fraction of sp³-hybridized carbons (Fsp3) is 0.581. The Balaban J connectivity index is 1.59. The molecule has 0 radical (unpaired) electrons. The molecule has 0 spiro atoms.